The van der Waals surface area contributed by atoms with Gasteiger partial charge >= 0.3 is 0 Å². The maximum absolute atomic E-state index is 12.6. The summed E-state index contributed by atoms with van der Waals surface area (Å²) in [5.74, 6) is 2.11. The van der Waals surface area contributed by atoms with Gasteiger partial charge in [0.15, 0.2) is 11.5 Å². The molecule has 4 aliphatic carbocycles. The van der Waals surface area contributed by atoms with Crippen LogP contribution in [0.3, 0.4) is 0 Å². The Balaban J connectivity index is 1.16. The Labute approximate surface area is 172 Å². The maximum atomic E-state index is 12.6. The van der Waals surface area contributed by atoms with Crippen molar-refractivity contribution in [3.05, 3.63) is 24.3 Å². The molecule has 0 radical (unpaired) electrons. The lowest BCUT2D eigenvalue weighted by atomic mass is 9.48. The van der Waals surface area contributed by atoms with Gasteiger partial charge in [-0.2, -0.15) is 0 Å². The van der Waals surface area contributed by atoms with E-state index in [4.69, 9.17) is 9.47 Å². The maximum Gasteiger partial charge on any atom is 0.283 e. The Morgan fingerprint density at radius 3 is 2.50 bits per heavy atom. The van der Waals surface area contributed by atoms with Crippen LogP contribution < -0.4 is 20.3 Å². The summed E-state index contributed by atoms with van der Waals surface area (Å²) in [5, 5.41) is 0. The smallest absolute Gasteiger partial charge is 0.283 e. The number of para-hydroxylation sites is 2. The lowest BCUT2D eigenvalue weighted by molar-refractivity contribution is -0.137. The number of carbonyl (C=O) groups is 2. The van der Waals surface area contributed by atoms with Crippen LogP contribution in [0.1, 0.15) is 44.9 Å². The normalized spacial score (nSPS) is 37.4. The Kier molecular flexibility index (Phi) is 4.34. The van der Waals surface area contributed by atoms with E-state index in [0.29, 0.717) is 17.9 Å². The van der Waals surface area contributed by atoms with Crippen LogP contribution in [0.2, 0.25) is 0 Å². The highest BCUT2D eigenvalue weighted by Gasteiger charge is 2.57. The molecule has 6 rings (SSSR count). The molecule has 2 N–H and O–H groups in total. The minimum atomic E-state index is -0.777. The number of ether oxygens (including phenoxy) is 2. The van der Waals surface area contributed by atoms with Crippen LogP contribution in [-0.2, 0) is 9.59 Å². The minimum absolute atomic E-state index is 0.0752. The van der Waals surface area contributed by atoms with Gasteiger partial charge in [0.2, 0.25) is 12.0 Å². The monoisotopic (exact) mass is 448 g/mol. The standard InChI is InChI=1S/C21H25BrN2O4/c22-21-8-13-5-14(9-21)7-20(6-13,12-21)10-18(25)23-24-19(26)17-11-27-15-3-1-2-4-16(15)28-17/h1-4,13-14,17H,5-12H2,(H,23,25)(H,24,26). The molecule has 1 aromatic carbocycles. The van der Waals surface area contributed by atoms with E-state index in [0.717, 1.165) is 31.1 Å². The van der Waals surface area contributed by atoms with Crippen molar-refractivity contribution in [3.8, 4) is 11.5 Å². The first-order valence-electron chi connectivity index (χ1n) is 10.1. The van der Waals surface area contributed by atoms with E-state index in [1.165, 1.54) is 19.3 Å². The molecular weight excluding hydrogens is 424 g/mol. The predicted octanol–water partition coefficient (Wildman–Crippen LogP) is 3.10. The first-order chi connectivity index (χ1) is 13.4. The fourth-order valence-corrected chi connectivity index (χ4v) is 7.80. The van der Waals surface area contributed by atoms with Crippen LogP contribution >= 0.6 is 15.9 Å². The predicted molar refractivity (Wildman–Crippen MR) is 106 cm³/mol. The Hall–Kier alpha value is -1.76. The van der Waals surface area contributed by atoms with E-state index < -0.39 is 12.0 Å². The third-order valence-corrected chi connectivity index (χ3v) is 7.70. The second-order valence-corrected chi connectivity index (χ2v) is 10.9. The highest BCUT2D eigenvalue weighted by atomic mass is 79.9. The van der Waals surface area contributed by atoms with Crippen molar-refractivity contribution in [2.24, 2.45) is 17.3 Å². The van der Waals surface area contributed by atoms with E-state index in [1.807, 2.05) is 12.1 Å². The van der Waals surface area contributed by atoms with Crippen molar-refractivity contribution in [1.29, 1.82) is 0 Å². The highest BCUT2D eigenvalue weighted by molar-refractivity contribution is 9.10. The lowest BCUT2D eigenvalue weighted by Crippen LogP contribution is -2.55. The number of amides is 2. The van der Waals surface area contributed by atoms with Crippen molar-refractivity contribution >= 4 is 27.7 Å². The SMILES string of the molecule is O=C(CC12CC3CC(CC(Br)(C3)C1)C2)NNC(=O)C1COc2ccccc2O1. The van der Waals surface area contributed by atoms with Crippen LogP contribution in [0.4, 0.5) is 0 Å². The minimum Gasteiger partial charge on any atom is -0.485 e. The average Bonchev–Trinajstić information content (AvgIpc) is 2.63. The fraction of sp³-hybridized carbons (Fsp3) is 0.619. The van der Waals surface area contributed by atoms with Gasteiger partial charge < -0.3 is 9.47 Å². The summed E-state index contributed by atoms with van der Waals surface area (Å²) in [4.78, 5) is 25.0. The van der Waals surface area contributed by atoms with Crippen LogP contribution in [0.5, 0.6) is 11.5 Å². The Bertz CT molecular complexity index is 799. The molecule has 3 unspecified atom stereocenters. The second-order valence-electron chi connectivity index (χ2n) is 9.19. The average molecular weight is 449 g/mol. The first kappa shape index (κ1) is 18.3. The van der Waals surface area contributed by atoms with Gasteiger partial charge in [0.05, 0.1) is 0 Å². The quantitative estimate of drug-likeness (QED) is 0.550. The van der Waals surface area contributed by atoms with Crippen molar-refractivity contribution in [1.82, 2.24) is 10.9 Å². The Morgan fingerprint density at radius 2 is 1.79 bits per heavy atom. The number of halogens is 1. The van der Waals surface area contributed by atoms with E-state index >= 15 is 0 Å². The van der Waals surface area contributed by atoms with E-state index in [2.05, 4.69) is 26.8 Å². The number of fused-ring (bicyclic) bond motifs is 1. The highest BCUT2D eigenvalue weighted by Crippen LogP contribution is 2.65. The van der Waals surface area contributed by atoms with Crippen molar-refractivity contribution in [3.63, 3.8) is 0 Å². The summed E-state index contributed by atoms with van der Waals surface area (Å²) in [7, 11) is 0. The van der Waals surface area contributed by atoms with E-state index in [1.54, 1.807) is 12.1 Å². The summed E-state index contributed by atoms with van der Waals surface area (Å²) >= 11 is 3.98. The van der Waals surface area contributed by atoms with Crippen molar-refractivity contribution in [2.75, 3.05) is 6.61 Å². The molecule has 4 saturated carbocycles. The number of carbonyl (C=O) groups excluding carboxylic acids is 2. The summed E-state index contributed by atoms with van der Waals surface area (Å²) in [6, 6.07) is 7.24. The second kappa shape index (κ2) is 6.65. The van der Waals surface area contributed by atoms with Gasteiger partial charge in [0.25, 0.3) is 5.91 Å². The van der Waals surface area contributed by atoms with Gasteiger partial charge in [-0.3, -0.25) is 20.4 Å². The molecule has 0 saturated heterocycles. The summed E-state index contributed by atoms with van der Waals surface area (Å²) in [6.45, 7) is 0.123. The van der Waals surface area contributed by atoms with E-state index in [9.17, 15) is 9.59 Å². The molecule has 5 aliphatic rings. The zero-order valence-electron chi connectivity index (χ0n) is 15.7. The molecule has 4 fully saturated rings. The third kappa shape index (κ3) is 3.38. The molecule has 7 heteroatoms. The number of hydrogen-bond donors (Lipinski definition) is 2. The van der Waals surface area contributed by atoms with Crippen molar-refractivity contribution < 1.29 is 19.1 Å². The van der Waals surface area contributed by atoms with Crippen molar-refractivity contribution in [2.45, 2.75) is 55.4 Å². The summed E-state index contributed by atoms with van der Waals surface area (Å²) < 4.78 is 11.5. The molecule has 4 bridgehead atoms. The molecule has 1 aliphatic heterocycles. The topological polar surface area (TPSA) is 76.7 Å². The largest absolute Gasteiger partial charge is 0.485 e. The van der Waals surface area contributed by atoms with E-state index in [-0.39, 0.29) is 22.3 Å². The molecule has 150 valence electrons. The van der Waals surface area contributed by atoms with Gasteiger partial charge in [-0.25, -0.2) is 0 Å². The number of benzene rings is 1. The molecule has 1 heterocycles. The molecule has 0 aromatic heterocycles. The lowest BCUT2D eigenvalue weighted by Gasteiger charge is -2.60. The zero-order chi connectivity index (χ0) is 19.4. The van der Waals surface area contributed by atoms with Crippen LogP contribution in [-0.4, -0.2) is 28.8 Å². The Morgan fingerprint density at radius 1 is 1.07 bits per heavy atom. The molecular formula is C21H25BrN2O4. The number of alkyl halides is 1. The molecule has 1 aromatic rings. The van der Waals surface area contributed by atoms with Gasteiger partial charge in [-0.05, 0) is 67.9 Å². The number of nitrogens with one attached hydrogen (secondary N) is 2. The van der Waals surface area contributed by atoms with Gasteiger partial charge in [-0.1, -0.05) is 28.1 Å². The first-order valence-corrected chi connectivity index (χ1v) is 10.9. The molecule has 0 spiro atoms. The summed E-state index contributed by atoms with van der Waals surface area (Å²) in [5.41, 5.74) is 5.20. The molecule has 28 heavy (non-hydrogen) atoms. The van der Waals surface area contributed by atoms with Gasteiger partial charge in [0, 0.05) is 10.7 Å². The number of hydrogen-bond acceptors (Lipinski definition) is 4. The summed E-state index contributed by atoms with van der Waals surface area (Å²) in [6.07, 6.45) is 6.81. The fourth-order valence-electron chi connectivity index (χ4n) is 6.29. The molecule has 3 atom stereocenters. The third-order valence-electron chi connectivity index (χ3n) is 6.77. The van der Waals surface area contributed by atoms with Crippen LogP contribution in [0.15, 0.2) is 24.3 Å². The molecule has 2 amide bonds. The van der Waals surface area contributed by atoms with Crippen LogP contribution in [0.25, 0.3) is 0 Å². The van der Waals surface area contributed by atoms with Crippen LogP contribution in [0, 0.1) is 17.3 Å². The molecule has 6 nitrogen and oxygen atoms in total. The zero-order valence-corrected chi connectivity index (χ0v) is 17.3. The number of hydrazine groups is 1. The number of rotatable bonds is 3. The van der Waals surface area contributed by atoms with Gasteiger partial charge in [-0.15, -0.1) is 0 Å². The van der Waals surface area contributed by atoms with Gasteiger partial charge in [0.1, 0.15) is 6.61 Å².